The van der Waals surface area contributed by atoms with Gasteiger partial charge in [-0.2, -0.15) is 0 Å². The number of likely N-dealkylation sites (N-methyl/N-ethyl adjacent to an activating group) is 1. The Morgan fingerprint density at radius 1 is 1.35 bits per heavy atom. The van der Waals surface area contributed by atoms with Crippen LogP contribution in [0.3, 0.4) is 0 Å². The Labute approximate surface area is 120 Å². The topological polar surface area (TPSA) is 52.6 Å². The van der Waals surface area contributed by atoms with Crippen LogP contribution in [0.2, 0.25) is 0 Å². The minimum absolute atomic E-state index is 0.173. The number of rotatable bonds is 5. The summed E-state index contributed by atoms with van der Waals surface area (Å²) in [5.41, 5.74) is -0.0146. The van der Waals surface area contributed by atoms with Crippen LogP contribution in [-0.2, 0) is 4.79 Å². The van der Waals surface area contributed by atoms with E-state index in [1.807, 2.05) is 37.4 Å². The van der Waals surface area contributed by atoms with E-state index in [1.54, 1.807) is 0 Å². The Kier molecular flexibility index (Phi) is 4.65. The number of carbonyl (C=O) groups is 1. The second-order valence-electron chi connectivity index (χ2n) is 5.74. The van der Waals surface area contributed by atoms with E-state index in [1.165, 1.54) is 0 Å². The van der Waals surface area contributed by atoms with Crippen molar-refractivity contribution in [2.75, 3.05) is 18.5 Å². The van der Waals surface area contributed by atoms with Crippen molar-refractivity contribution in [3.63, 3.8) is 0 Å². The van der Waals surface area contributed by atoms with Gasteiger partial charge in [-0.05, 0) is 44.7 Å². The van der Waals surface area contributed by atoms with Crippen molar-refractivity contribution in [2.45, 2.75) is 44.2 Å². The summed E-state index contributed by atoms with van der Waals surface area (Å²) in [6.07, 6.45) is 3.04. The standard InChI is InChI=1S/C16H24N2O2/c1-13(18(2)14-8-4-3-5-9-14)12-17-15(19)16(20)10-6-7-11-16/h3-5,8-9,13,20H,6-7,10-12H2,1-2H3,(H,17,19). The zero-order chi connectivity index (χ0) is 14.6. The first kappa shape index (κ1) is 14.9. The molecule has 0 aliphatic heterocycles. The number of aliphatic hydroxyl groups is 1. The Hall–Kier alpha value is -1.55. The van der Waals surface area contributed by atoms with Crippen LogP contribution in [-0.4, -0.2) is 36.2 Å². The number of para-hydroxylation sites is 1. The van der Waals surface area contributed by atoms with E-state index in [0.717, 1.165) is 18.5 Å². The number of nitrogens with zero attached hydrogens (tertiary/aromatic N) is 1. The molecule has 4 nitrogen and oxygen atoms in total. The highest BCUT2D eigenvalue weighted by atomic mass is 16.3. The summed E-state index contributed by atoms with van der Waals surface area (Å²) in [6, 6.07) is 10.2. The zero-order valence-electron chi connectivity index (χ0n) is 12.3. The van der Waals surface area contributed by atoms with Crippen LogP contribution in [0.15, 0.2) is 30.3 Å². The average molecular weight is 276 g/mol. The van der Waals surface area contributed by atoms with E-state index in [2.05, 4.69) is 17.1 Å². The van der Waals surface area contributed by atoms with Gasteiger partial charge in [-0.3, -0.25) is 4.79 Å². The molecule has 2 N–H and O–H groups in total. The predicted molar refractivity (Wildman–Crippen MR) is 80.7 cm³/mol. The van der Waals surface area contributed by atoms with Gasteiger partial charge in [-0.15, -0.1) is 0 Å². The maximum Gasteiger partial charge on any atom is 0.252 e. The molecular weight excluding hydrogens is 252 g/mol. The second-order valence-corrected chi connectivity index (χ2v) is 5.74. The Morgan fingerprint density at radius 3 is 2.55 bits per heavy atom. The smallest absolute Gasteiger partial charge is 0.252 e. The number of anilines is 1. The van der Waals surface area contributed by atoms with E-state index in [4.69, 9.17) is 0 Å². The predicted octanol–water partition coefficient (Wildman–Crippen LogP) is 1.93. The first-order valence-electron chi connectivity index (χ1n) is 7.31. The molecule has 20 heavy (non-hydrogen) atoms. The molecule has 1 unspecified atom stereocenters. The van der Waals surface area contributed by atoms with Crippen molar-refractivity contribution in [1.29, 1.82) is 0 Å². The van der Waals surface area contributed by atoms with Crippen LogP contribution in [0.1, 0.15) is 32.6 Å². The molecule has 0 spiro atoms. The monoisotopic (exact) mass is 276 g/mol. The molecule has 1 aromatic carbocycles. The summed E-state index contributed by atoms with van der Waals surface area (Å²) in [5.74, 6) is -0.219. The lowest BCUT2D eigenvalue weighted by Crippen LogP contribution is -2.49. The Morgan fingerprint density at radius 2 is 1.95 bits per heavy atom. The van der Waals surface area contributed by atoms with Gasteiger partial charge in [-0.25, -0.2) is 0 Å². The van der Waals surface area contributed by atoms with Crippen LogP contribution in [0.25, 0.3) is 0 Å². The Balaban J connectivity index is 1.86. The van der Waals surface area contributed by atoms with Crippen LogP contribution in [0.4, 0.5) is 5.69 Å². The van der Waals surface area contributed by atoms with Gasteiger partial charge in [0, 0.05) is 25.3 Å². The number of amides is 1. The van der Waals surface area contributed by atoms with E-state index >= 15 is 0 Å². The lowest BCUT2D eigenvalue weighted by molar-refractivity contribution is -0.139. The van der Waals surface area contributed by atoms with Gasteiger partial charge < -0.3 is 15.3 Å². The van der Waals surface area contributed by atoms with E-state index in [0.29, 0.717) is 19.4 Å². The third-order valence-electron chi connectivity index (χ3n) is 4.24. The van der Waals surface area contributed by atoms with E-state index in [-0.39, 0.29) is 11.9 Å². The molecule has 1 amide bonds. The van der Waals surface area contributed by atoms with Gasteiger partial charge in [0.2, 0.25) is 0 Å². The molecule has 0 heterocycles. The third kappa shape index (κ3) is 3.31. The highest BCUT2D eigenvalue weighted by Crippen LogP contribution is 2.29. The van der Waals surface area contributed by atoms with Gasteiger partial charge in [0.05, 0.1) is 0 Å². The molecule has 1 aromatic rings. The summed E-state index contributed by atoms with van der Waals surface area (Å²) >= 11 is 0. The molecule has 1 atom stereocenters. The number of hydrogen-bond acceptors (Lipinski definition) is 3. The molecule has 0 aromatic heterocycles. The lowest BCUT2D eigenvalue weighted by atomic mass is 10.0. The van der Waals surface area contributed by atoms with E-state index in [9.17, 15) is 9.90 Å². The highest BCUT2D eigenvalue weighted by Gasteiger charge is 2.38. The van der Waals surface area contributed by atoms with Gasteiger partial charge >= 0.3 is 0 Å². The normalized spacial score (nSPS) is 18.6. The Bertz CT molecular complexity index is 441. The minimum Gasteiger partial charge on any atom is -0.380 e. The van der Waals surface area contributed by atoms with Crippen molar-refractivity contribution in [3.05, 3.63) is 30.3 Å². The number of benzene rings is 1. The maximum absolute atomic E-state index is 12.1. The molecule has 0 saturated heterocycles. The molecule has 4 heteroatoms. The minimum atomic E-state index is -1.13. The second kappa shape index (κ2) is 6.27. The third-order valence-corrected chi connectivity index (χ3v) is 4.24. The summed E-state index contributed by atoms with van der Waals surface area (Å²) in [6.45, 7) is 2.60. The van der Waals surface area contributed by atoms with Crippen LogP contribution >= 0.6 is 0 Å². The largest absolute Gasteiger partial charge is 0.380 e. The SMILES string of the molecule is CC(CNC(=O)C1(O)CCCC1)N(C)c1ccccc1. The highest BCUT2D eigenvalue weighted by molar-refractivity contribution is 5.85. The zero-order valence-corrected chi connectivity index (χ0v) is 12.3. The number of hydrogen-bond donors (Lipinski definition) is 2. The molecule has 1 fully saturated rings. The van der Waals surface area contributed by atoms with Crippen molar-refractivity contribution in [2.24, 2.45) is 0 Å². The molecule has 1 aliphatic carbocycles. The fourth-order valence-electron chi connectivity index (χ4n) is 2.65. The van der Waals surface area contributed by atoms with Crippen LogP contribution in [0, 0.1) is 0 Å². The van der Waals surface area contributed by atoms with E-state index < -0.39 is 5.60 Å². The first-order valence-corrected chi connectivity index (χ1v) is 7.31. The van der Waals surface area contributed by atoms with Crippen LogP contribution < -0.4 is 10.2 Å². The average Bonchev–Trinajstić information content (AvgIpc) is 2.92. The number of nitrogens with one attached hydrogen (secondary N) is 1. The molecular formula is C16H24N2O2. The molecule has 0 bridgehead atoms. The summed E-state index contributed by atoms with van der Waals surface area (Å²) in [4.78, 5) is 14.2. The van der Waals surface area contributed by atoms with Gasteiger partial charge in [-0.1, -0.05) is 18.2 Å². The van der Waals surface area contributed by atoms with Gasteiger partial charge in [0.1, 0.15) is 5.60 Å². The molecule has 110 valence electrons. The lowest BCUT2D eigenvalue weighted by Gasteiger charge is -2.29. The summed E-state index contributed by atoms with van der Waals surface area (Å²) < 4.78 is 0. The van der Waals surface area contributed by atoms with Crippen molar-refractivity contribution in [3.8, 4) is 0 Å². The molecule has 0 radical (unpaired) electrons. The molecule has 1 aliphatic rings. The summed E-state index contributed by atoms with van der Waals surface area (Å²) in [5, 5.41) is 13.1. The van der Waals surface area contributed by atoms with Crippen molar-refractivity contribution >= 4 is 11.6 Å². The van der Waals surface area contributed by atoms with Gasteiger partial charge in [0.25, 0.3) is 5.91 Å². The fourth-order valence-corrected chi connectivity index (χ4v) is 2.65. The molecule has 1 saturated carbocycles. The molecule has 2 rings (SSSR count). The summed E-state index contributed by atoms with van der Waals surface area (Å²) in [7, 11) is 2.01. The van der Waals surface area contributed by atoms with Crippen LogP contribution in [0.5, 0.6) is 0 Å². The maximum atomic E-state index is 12.1. The van der Waals surface area contributed by atoms with Crippen molar-refractivity contribution in [1.82, 2.24) is 5.32 Å². The first-order chi connectivity index (χ1) is 9.53. The van der Waals surface area contributed by atoms with Gasteiger partial charge in [0.15, 0.2) is 0 Å². The number of carbonyl (C=O) groups excluding carboxylic acids is 1. The fraction of sp³-hybridized carbons (Fsp3) is 0.562. The quantitative estimate of drug-likeness (QED) is 0.864. The van der Waals surface area contributed by atoms with Crippen molar-refractivity contribution < 1.29 is 9.90 Å².